The molecule has 0 spiro atoms. The molecule has 1 aliphatic carbocycles. The second kappa shape index (κ2) is 6.89. The maximum Gasteiger partial charge on any atom is 0.410 e. The number of hydrogen-bond acceptors (Lipinski definition) is 3. The zero-order valence-corrected chi connectivity index (χ0v) is 16.1. The van der Waals surface area contributed by atoms with Crippen molar-refractivity contribution in [3.8, 4) is 0 Å². The van der Waals surface area contributed by atoms with Crippen LogP contribution in [0.1, 0.15) is 22.7 Å². The summed E-state index contributed by atoms with van der Waals surface area (Å²) in [6.07, 6.45) is 0.546. The Labute approximate surface area is 164 Å². The van der Waals surface area contributed by atoms with Gasteiger partial charge in [0.1, 0.15) is 5.82 Å². The van der Waals surface area contributed by atoms with Gasteiger partial charge in [-0.2, -0.15) is 0 Å². The van der Waals surface area contributed by atoms with Crippen LogP contribution in [0, 0.1) is 23.6 Å². The first kappa shape index (κ1) is 17.7. The fourth-order valence-corrected chi connectivity index (χ4v) is 5.13. The van der Waals surface area contributed by atoms with Crippen LogP contribution in [0.3, 0.4) is 0 Å². The first-order valence-corrected chi connectivity index (χ1v) is 10.1. The first-order valence-electron chi connectivity index (χ1n) is 10.1. The summed E-state index contributed by atoms with van der Waals surface area (Å²) in [5, 5.41) is 0. The molecule has 4 nitrogen and oxygen atoms in total. The van der Waals surface area contributed by atoms with E-state index in [1.54, 1.807) is 17.0 Å². The van der Waals surface area contributed by atoms with Gasteiger partial charge >= 0.3 is 6.09 Å². The summed E-state index contributed by atoms with van der Waals surface area (Å²) in [7, 11) is 2.15. The minimum Gasteiger partial charge on any atom is -0.449 e. The summed E-state index contributed by atoms with van der Waals surface area (Å²) in [6.45, 7) is 3.35. The van der Waals surface area contributed by atoms with Crippen LogP contribution in [-0.4, -0.2) is 49.2 Å². The Morgan fingerprint density at radius 3 is 2.57 bits per heavy atom. The molecule has 2 heterocycles. The highest BCUT2D eigenvalue weighted by Gasteiger charge is 2.55. The number of amides is 1. The molecule has 1 unspecified atom stereocenters. The molecule has 5 rings (SSSR count). The first-order chi connectivity index (χ1) is 13.6. The zero-order chi connectivity index (χ0) is 19.3. The number of rotatable bonds is 3. The fraction of sp³-hybridized carbons (Fsp3) is 0.435. The molecule has 2 fully saturated rings. The Hall–Kier alpha value is -2.40. The van der Waals surface area contributed by atoms with Gasteiger partial charge in [-0.15, -0.1) is 0 Å². The van der Waals surface area contributed by atoms with Gasteiger partial charge in [0.2, 0.25) is 0 Å². The van der Waals surface area contributed by atoms with E-state index in [0.29, 0.717) is 30.9 Å². The number of hydrogen-bond donors (Lipinski definition) is 0. The molecular formula is C23H25FN2O2. The van der Waals surface area contributed by atoms with E-state index in [1.165, 1.54) is 17.7 Å². The summed E-state index contributed by atoms with van der Waals surface area (Å²) in [6, 6.07) is 14.4. The highest BCUT2D eigenvalue weighted by atomic mass is 19.1. The standard InChI is InChI=1S/C23H25FN2O2/c1-25-12-19-20(13-25)21(19)14-28-23(27)26-11-10-15-4-2-3-5-18(15)22(26)16-6-8-17(24)9-7-16/h2-9,19-22H,10-14H2,1H3/t19-,20+,21?,22-/m0/s1. The molecule has 0 bridgehead atoms. The molecule has 28 heavy (non-hydrogen) atoms. The molecule has 0 N–H and O–H groups in total. The number of nitrogens with zero attached hydrogens (tertiary/aromatic N) is 2. The third-order valence-corrected chi connectivity index (χ3v) is 6.66. The van der Waals surface area contributed by atoms with E-state index in [9.17, 15) is 9.18 Å². The van der Waals surface area contributed by atoms with Crippen LogP contribution in [0.2, 0.25) is 0 Å². The largest absolute Gasteiger partial charge is 0.449 e. The lowest BCUT2D eigenvalue weighted by Crippen LogP contribution is -2.41. The Bertz CT molecular complexity index is 872. The summed E-state index contributed by atoms with van der Waals surface area (Å²) in [5.74, 6) is 1.62. The van der Waals surface area contributed by atoms with Crippen LogP contribution in [0.5, 0.6) is 0 Å². The van der Waals surface area contributed by atoms with Crippen molar-refractivity contribution in [1.82, 2.24) is 9.80 Å². The Morgan fingerprint density at radius 2 is 1.82 bits per heavy atom. The highest BCUT2D eigenvalue weighted by Crippen LogP contribution is 2.51. The summed E-state index contributed by atoms with van der Waals surface area (Å²) in [5.41, 5.74) is 3.25. The van der Waals surface area contributed by atoms with Gasteiger partial charge in [0.15, 0.2) is 0 Å². The quantitative estimate of drug-likeness (QED) is 0.814. The topological polar surface area (TPSA) is 32.8 Å². The van der Waals surface area contributed by atoms with Gasteiger partial charge in [0.05, 0.1) is 12.6 Å². The number of carbonyl (C=O) groups excluding carboxylic acids is 1. The lowest BCUT2D eigenvalue weighted by Gasteiger charge is -2.37. The van der Waals surface area contributed by atoms with Crippen molar-refractivity contribution in [2.45, 2.75) is 12.5 Å². The van der Waals surface area contributed by atoms with E-state index in [1.807, 2.05) is 12.1 Å². The number of piperidine rings is 1. The van der Waals surface area contributed by atoms with E-state index >= 15 is 0 Å². The monoisotopic (exact) mass is 380 g/mol. The van der Waals surface area contributed by atoms with Crippen molar-refractivity contribution in [3.63, 3.8) is 0 Å². The smallest absolute Gasteiger partial charge is 0.410 e. The molecule has 4 atom stereocenters. The Balaban J connectivity index is 1.35. The van der Waals surface area contributed by atoms with Crippen molar-refractivity contribution in [2.24, 2.45) is 17.8 Å². The second-order valence-electron chi connectivity index (χ2n) is 8.39. The normalized spacial score (nSPS) is 28.6. The number of likely N-dealkylation sites (tertiary alicyclic amines) is 1. The Kier molecular flexibility index (Phi) is 4.35. The van der Waals surface area contributed by atoms with E-state index in [0.717, 1.165) is 30.6 Å². The van der Waals surface area contributed by atoms with Crippen LogP contribution in [0.25, 0.3) is 0 Å². The maximum atomic E-state index is 13.5. The average molecular weight is 380 g/mol. The molecule has 146 valence electrons. The molecule has 2 aromatic carbocycles. The number of carbonyl (C=O) groups is 1. The average Bonchev–Trinajstić information content (AvgIpc) is 3.18. The molecule has 0 aromatic heterocycles. The number of benzene rings is 2. The lowest BCUT2D eigenvalue weighted by atomic mass is 9.88. The van der Waals surface area contributed by atoms with Crippen molar-refractivity contribution >= 4 is 6.09 Å². The predicted octanol–water partition coefficient (Wildman–Crippen LogP) is 3.72. The predicted molar refractivity (Wildman–Crippen MR) is 104 cm³/mol. The molecule has 5 heteroatoms. The fourth-order valence-electron chi connectivity index (χ4n) is 5.13. The molecule has 1 saturated heterocycles. The van der Waals surface area contributed by atoms with E-state index in [2.05, 4.69) is 24.1 Å². The Morgan fingerprint density at radius 1 is 1.11 bits per heavy atom. The third kappa shape index (κ3) is 3.08. The van der Waals surface area contributed by atoms with Crippen molar-refractivity contribution in [3.05, 3.63) is 71.0 Å². The van der Waals surface area contributed by atoms with Crippen LogP contribution in [-0.2, 0) is 11.2 Å². The zero-order valence-electron chi connectivity index (χ0n) is 16.1. The van der Waals surface area contributed by atoms with Gasteiger partial charge in [0.25, 0.3) is 0 Å². The van der Waals surface area contributed by atoms with Gasteiger partial charge in [-0.3, -0.25) is 4.90 Å². The van der Waals surface area contributed by atoms with Crippen molar-refractivity contribution in [2.75, 3.05) is 33.3 Å². The SMILES string of the molecule is CN1C[C@@H]2C(COC(=O)N3CCc4ccccc4[C@@H]3c3ccc(F)cc3)[C@@H]2C1. The number of halogens is 1. The molecule has 2 aromatic rings. The minimum absolute atomic E-state index is 0.233. The van der Waals surface area contributed by atoms with E-state index in [-0.39, 0.29) is 18.0 Å². The van der Waals surface area contributed by atoms with E-state index < -0.39 is 0 Å². The molecule has 3 aliphatic rings. The highest BCUT2D eigenvalue weighted by molar-refractivity contribution is 5.70. The molecule has 1 saturated carbocycles. The maximum absolute atomic E-state index is 13.5. The molecule has 0 radical (unpaired) electrons. The van der Waals surface area contributed by atoms with Gasteiger partial charge in [-0.25, -0.2) is 9.18 Å². The summed E-state index contributed by atoms with van der Waals surface area (Å²) < 4.78 is 19.2. The van der Waals surface area contributed by atoms with Crippen LogP contribution in [0.15, 0.2) is 48.5 Å². The van der Waals surface area contributed by atoms with Crippen LogP contribution in [0.4, 0.5) is 9.18 Å². The second-order valence-corrected chi connectivity index (χ2v) is 8.39. The van der Waals surface area contributed by atoms with Crippen molar-refractivity contribution in [1.29, 1.82) is 0 Å². The van der Waals surface area contributed by atoms with E-state index in [4.69, 9.17) is 4.74 Å². The van der Waals surface area contributed by atoms with Gasteiger partial charge < -0.3 is 9.64 Å². The summed E-state index contributed by atoms with van der Waals surface area (Å²) in [4.78, 5) is 17.1. The van der Waals surface area contributed by atoms with Gasteiger partial charge in [-0.1, -0.05) is 36.4 Å². The van der Waals surface area contributed by atoms with Crippen molar-refractivity contribution < 1.29 is 13.9 Å². The third-order valence-electron chi connectivity index (χ3n) is 6.66. The van der Waals surface area contributed by atoms with Crippen LogP contribution >= 0.6 is 0 Å². The molecule has 2 aliphatic heterocycles. The molecule has 1 amide bonds. The minimum atomic E-state index is -0.271. The van der Waals surface area contributed by atoms with Gasteiger partial charge in [0, 0.05) is 25.6 Å². The molecular weight excluding hydrogens is 355 g/mol. The van der Waals surface area contributed by atoms with Gasteiger partial charge in [-0.05, 0) is 54.1 Å². The van der Waals surface area contributed by atoms with Crippen LogP contribution < -0.4 is 0 Å². The number of fused-ring (bicyclic) bond motifs is 2. The number of ether oxygens (including phenoxy) is 1. The lowest BCUT2D eigenvalue weighted by molar-refractivity contribution is 0.0813. The summed E-state index contributed by atoms with van der Waals surface area (Å²) >= 11 is 0.